The van der Waals surface area contributed by atoms with Crippen molar-refractivity contribution >= 4 is 12.2 Å². The average molecular weight is 342 g/mol. The molecule has 0 unspecified atom stereocenters. The summed E-state index contributed by atoms with van der Waals surface area (Å²) in [5.41, 5.74) is -2.11. The minimum absolute atomic E-state index is 0.255. The van der Waals surface area contributed by atoms with Gasteiger partial charge in [0, 0.05) is 19.6 Å². The van der Waals surface area contributed by atoms with Gasteiger partial charge in [-0.3, -0.25) is 4.90 Å². The number of carbonyl (C=O) groups is 2. The van der Waals surface area contributed by atoms with E-state index in [0.29, 0.717) is 25.9 Å². The number of hydrogen-bond acceptors (Lipinski definition) is 5. The lowest BCUT2D eigenvalue weighted by molar-refractivity contribution is -0.0464. The molecule has 0 radical (unpaired) electrons. The van der Waals surface area contributed by atoms with E-state index in [2.05, 4.69) is 0 Å². The van der Waals surface area contributed by atoms with E-state index in [9.17, 15) is 14.7 Å². The highest BCUT2D eigenvalue weighted by Crippen LogP contribution is 2.42. The van der Waals surface area contributed by atoms with E-state index in [1.165, 1.54) is 0 Å². The molecule has 0 spiro atoms. The maximum absolute atomic E-state index is 12.5. The summed E-state index contributed by atoms with van der Waals surface area (Å²) in [5.74, 6) is 0. The van der Waals surface area contributed by atoms with Gasteiger partial charge in [-0.05, 0) is 54.4 Å². The molecule has 138 valence electrons. The van der Waals surface area contributed by atoms with Gasteiger partial charge in [-0.15, -0.1) is 0 Å². The molecular weight excluding hydrogens is 312 g/mol. The first kappa shape index (κ1) is 18.8. The number of carbonyl (C=O) groups excluding carboxylic acids is 2. The van der Waals surface area contributed by atoms with Crippen LogP contribution >= 0.6 is 0 Å². The quantitative estimate of drug-likeness (QED) is 0.791. The summed E-state index contributed by atoms with van der Waals surface area (Å²) >= 11 is 0. The third-order valence-corrected chi connectivity index (χ3v) is 4.04. The maximum Gasteiger partial charge on any atom is 0.410 e. The Balaban J connectivity index is 2.09. The largest absolute Gasteiger partial charge is 0.444 e. The summed E-state index contributed by atoms with van der Waals surface area (Å²) in [7, 11) is 0. The average Bonchev–Trinajstić information content (AvgIpc) is 3.13. The molecule has 0 aromatic rings. The molecule has 0 bridgehead atoms. The molecule has 1 N–H and O–H groups in total. The van der Waals surface area contributed by atoms with Gasteiger partial charge in [0.25, 0.3) is 0 Å². The zero-order valence-electron chi connectivity index (χ0n) is 15.6. The van der Waals surface area contributed by atoms with Crippen LogP contribution in [0.15, 0.2) is 0 Å². The molecule has 2 amide bonds. The van der Waals surface area contributed by atoms with Gasteiger partial charge in [0.1, 0.15) is 11.2 Å². The molecule has 1 saturated carbocycles. The van der Waals surface area contributed by atoms with Crippen LogP contribution in [0.25, 0.3) is 0 Å². The second kappa shape index (κ2) is 6.10. The predicted molar refractivity (Wildman–Crippen MR) is 88.7 cm³/mol. The lowest BCUT2D eigenvalue weighted by atomic mass is 10.0. The van der Waals surface area contributed by atoms with E-state index < -0.39 is 35.0 Å². The fraction of sp³-hybridized carbons (Fsp3) is 0.882. The van der Waals surface area contributed by atoms with Gasteiger partial charge >= 0.3 is 12.2 Å². The van der Waals surface area contributed by atoms with Crippen LogP contribution in [0.5, 0.6) is 0 Å². The first-order chi connectivity index (χ1) is 10.8. The molecule has 1 heterocycles. The summed E-state index contributed by atoms with van der Waals surface area (Å²) in [6, 6.07) is -0.464. The highest BCUT2D eigenvalue weighted by atomic mass is 16.6. The van der Waals surface area contributed by atoms with Crippen molar-refractivity contribution < 1.29 is 24.2 Å². The third-order valence-electron chi connectivity index (χ3n) is 4.04. The number of hydrogen-bond donors (Lipinski definition) is 1. The number of aliphatic hydroxyl groups is 1. The summed E-state index contributed by atoms with van der Waals surface area (Å²) in [6.07, 6.45) is 0.385. The lowest BCUT2D eigenvalue weighted by Crippen LogP contribution is -2.62. The Morgan fingerprint density at radius 2 is 1.46 bits per heavy atom. The van der Waals surface area contributed by atoms with Crippen molar-refractivity contribution in [3.05, 3.63) is 0 Å². The SMILES string of the molecule is CC(C)(C)OC(=O)N1CCN(C(=O)OC(C)(C)C)[C@H](C2(O)CC2)C1. The second-order valence-corrected chi connectivity index (χ2v) is 8.72. The van der Waals surface area contributed by atoms with Crippen molar-refractivity contribution in [2.24, 2.45) is 0 Å². The Labute approximate surface area is 143 Å². The monoisotopic (exact) mass is 342 g/mol. The molecule has 24 heavy (non-hydrogen) atoms. The number of rotatable bonds is 1. The van der Waals surface area contributed by atoms with Gasteiger partial charge in [0.2, 0.25) is 0 Å². The van der Waals surface area contributed by atoms with E-state index in [4.69, 9.17) is 9.47 Å². The van der Waals surface area contributed by atoms with Gasteiger partial charge < -0.3 is 19.5 Å². The number of ether oxygens (including phenoxy) is 2. The van der Waals surface area contributed by atoms with Crippen LogP contribution in [-0.4, -0.2) is 69.6 Å². The molecule has 0 aromatic carbocycles. The maximum atomic E-state index is 12.5. The minimum Gasteiger partial charge on any atom is -0.444 e. The molecule has 2 fully saturated rings. The molecule has 1 atom stereocenters. The Morgan fingerprint density at radius 1 is 0.958 bits per heavy atom. The van der Waals surface area contributed by atoms with Crippen molar-refractivity contribution in [3.8, 4) is 0 Å². The van der Waals surface area contributed by atoms with Gasteiger partial charge in [0.05, 0.1) is 11.6 Å². The van der Waals surface area contributed by atoms with E-state index >= 15 is 0 Å². The van der Waals surface area contributed by atoms with E-state index in [1.54, 1.807) is 9.80 Å². The molecule has 1 saturated heterocycles. The fourth-order valence-electron chi connectivity index (χ4n) is 2.74. The molecule has 7 nitrogen and oxygen atoms in total. The number of amides is 2. The zero-order valence-corrected chi connectivity index (χ0v) is 15.6. The summed E-state index contributed by atoms with van der Waals surface area (Å²) in [5, 5.41) is 10.6. The molecule has 1 aliphatic heterocycles. The smallest absolute Gasteiger partial charge is 0.410 e. The summed E-state index contributed by atoms with van der Waals surface area (Å²) in [4.78, 5) is 27.9. The Bertz CT molecular complexity index is 502. The molecule has 0 aromatic heterocycles. The summed E-state index contributed by atoms with van der Waals surface area (Å²) < 4.78 is 10.9. The van der Waals surface area contributed by atoms with E-state index in [-0.39, 0.29) is 6.54 Å². The van der Waals surface area contributed by atoms with Gasteiger partial charge in [-0.2, -0.15) is 0 Å². The van der Waals surface area contributed by atoms with Gasteiger partial charge in [0.15, 0.2) is 0 Å². The van der Waals surface area contributed by atoms with Crippen LogP contribution in [0.4, 0.5) is 9.59 Å². The standard InChI is InChI=1S/C17H30N2O5/c1-15(2,3)23-13(20)18-9-10-19(14(21)24-16(4,5)6)12(11-18)17(22)7-8-17/h12,22H,7-11H2,1-6H3/t12-/m0/s1. The Kier molecular flexibility index (Phi) is 4.78. The highest BCUT2D eigenvalue weighted by Gasteiger charge is 2.54. The van der Waals surface area contributed by atoms with E-state index in [0.717, 1.165) is 0 Å². The lowest BCUT2D eigenvalue weighted by Gasteiger charge is -2.43. The van der Waals surface area contributed by atoms with Crippen LogP contribution in [0.2, 0.25) is 0 Å². The van der Waals surface area contributed by atoms with Crippen molar-refractivity contribution in [1.29, 1.82) is 0 Å². The molecular formula is C17H30N2O5. The van der Waals surface area contributed by atoms with Crippen LogP contribution in [-0.2, 0) is 9.47 Å². The number of piperazine rings is 1. The van der Waals surface area contributed by atoms with Crippen molar-refractivity contribution in [1.82, 2.24) is 9.80 Å². The van der Waals surface area contributed by atoms with E-state index in [1.807, 2.05) is 41.5 Å². The van der Waals surface area contributed by atoms with Crippen molar-refractivity contribution in [2.45, 2.75) is 77.2 Å². The highest BCUT2D eigenvalue weighted by molar-refractivity contribution is 5.71. The minimum atomic E-state index is -0.933. The van der Waals surface area contributed by atoms with Crippen LogP contribution in [0.1, 0.15) is 54.4 Å². The molecule has 2 rings (SSSR count). The zero-order chi connectivity index (χ0) is 18.3. The third kappa shape index (κ3) is 4.75. The topological polar surface area (TPSA) is 79.3 Å². The second-order valence-electron chi connectivity index (χ2n) is 8.72. The first-order valence-corrected chi connectivity index (χ1v) is 8.51. The normalized spacial score (nSPS) is 23.7. The Hall–Kier alpha value is -1.50. The number of nitrogens with zero attached hydrogens (tertiary/aromatic N) is 2. The van der Waals surface area contributed by atoms with Gasteiger partial charge in [-0.1, -0.05) is 0 Å². The Morgan fingerprint density at radius 3 is 1.92 bits per heavy atom. The van der Waals surface area contributed by atoms with Crippen LogP contribution in [0.3, 0.4) is 0 Å². The summed E-state index contributed by atoms with van der Waals surface area (Å²) in [6.45, 7) is 11.8. The van der Waals surface area contributed by atoms with Crippen molar-refractivity contribution in [2.75, 3.05) is 19.6 Å². The van der Waals surface area contributed by atoms with Crippen molar-refractivity contribution in [3.63, 3.8) is 0 Å². The van der Waals surface area contributed by atoms with Gasteiger partial charge in [-0.25, -0.2) is 9.59 Å². The molecule has 7 heteroatoms. The van der Waals surface area contributed by atoms with Crippen LogP contribution < -0.4 is 0 Å². The fourth-order valence-corrected chi connectivity index (χ4v) is 2.74. The molecule has 2 aliphatic rings. The predicted octanol–water partition coefficient (Wildman–Crippen LogP) is 2.37. The first-order valence-electron chi connectivity index (χ1n) is 8.51. The van der Waals surface area contributed by atoms with Crippen LogP contribution in [0, 0.1) is 0 Å². The molecule has 1 aliphatic carbocycles.